The van der Waals surface area contributed by atoms with Crippen LogP contribution in [0.3, 0.4) is 0 Å². The van der Waals surface area contributed by atoms with Gasteiger partial charge in [0.15, 0.2) is 0 Å². The minimum atomic E-state index is -0.311. The summed E-state index contributed by atoms with van der Waals surface area (Å²) < 4.78 is 0. The molecule has 4 heterocycles. The average Bonchev–Trinajstić information content (AvgIpc) is 3.09. The highest BCUT2D eigenvalue weighted by molar-refractivity contribution is 6.41. The molecule has 8 nitrogen and oxygen atoms in total. The minimum Gasteiger partial charge on any atom is -0.274 e. The average molecular weight is 601 g/mol. The van der Waals surface area contributed by atoms with Crippen LogP contribution in [0.1, 0.15) is 52.6 Å². The third kappa shape index (κ3) is 3.61. The van der Waals surface area contributed by atoms with Gasteiger partial charge in [-0.2, -0.15) is 0 Å². The van der Waals surface area contributed by atoms with Crippen molar-refractivity contribution in [1.29, 1.82) is 0 Å². The predicted molar refractivity (Wildman–Crippen MR) is 174 cm³/mol. The lowest BCUT2D eigenvalue weighted by Crippen LogP contribution is -2.41. The quantitative estimate of drug-likeness (QED) is 0.128. The lowest BCUT2D eigenvalue weighted by molar-refractivity contribution is 0.0597. The standard InChI is InChI=1S/C38H24N4O4/c43-35-27-5-1-23-24-2-6-29-34-30(38(46)42(37(29)45)20-14-22-11-17-40-18-12-22)8-4-26(32(24)34)25-3-7-28(33(27)31(23)25)36(44)41(35)19-13-21-9-15-39-16-10-21/h1-12,15-18H,13-14,19-20H2. The van der Waals surface area contributed by atoms with Crippen LogP contribution in [-0.4, -0.2) is 56.5 Å². The Labute approximate surface area is 262 Å². The number of fused-ring (bicyclic) bond motifs is 2. The highest BCUT2D eigenvalue weighted by Gasteiger charge is 2.36. The first-order valence-electron chi connectivity index (χ1n) is 15.2. The highest BCUT2D eigenvalue weighted by Crippen LogP contribution is 2.46. The van der Waals surface area contributed by atoms with E-state index in [1.165, 1.54) is 9.80 Å². The van der Waals surface area contributed by atoms with Crippen molar-refractivity contribution < 1.29 is 19.2 Å². The van der Waals surface area contributed by atoms with E-state index in [4.69, 9.17) is 0 Å². The Morgan fingerprint density at radius 3 is 1.00 bits per heavy atom. The third-order valence-electron chi connectivity index (χ3n) is 9.55. The van der Waals surface area contributed by atoms with E-state index in [1.54, 1.807) is 49.1 Å². The normalized spacial score (nSPS) is 14.5. The van der Waals surface area contributed by atoms with Gasteiger partial charge in [0.2, 0.25) is 0 Å². The Morgan fingerprint density at radius 1 is 0.391 bits per heavy atom. The summed E-state index contributed by atoms with van der Waals surface area (Å²) >= 11 is 0. The minimum absolute atomic E-state index is 0.265. The molecule has 0 N–H and O–H groups in total. The van der Waals surface area contributed by atoms with Gasteiger partial charge >= 0.3 is 0 Å². The maximum atomic E-state index is 13.8. The van der Waals surface area contributed by atoms with Crippen molar-refractivity contribution in [2.24, 2.45) is 0 Å². The molecule has 2 aliphatic rings. The summed E-state index contributed by atoms with van der Waals surface area (Å²) in [4.78, 5) is 65.9. The zero-order chi connectivity index (χ0) is 31.1. The second-order valence-electron chi connectivity index (χ2n) is 11.9. The molecule has 0 spiro atoms. The Balaban J connectivity index is 1.18. The number of hydrogen-bond donors (Lipinski definition) is 0. The van der Waals surface area contributed by atoms with E-state index in [2.05, 4.69) is 9.97 Å². The van der Waals surface area contributed by atoms with Crippen molar-refractivity contribution in [3.05, 3.63) is 131 Å². The molecular weight excluding hydrogens is 576 g/mol. The molecule has 0 unspecified atom stereocenters. The van der Waals surface area contributed by atoms with Gasteiger partial charge in [-0.25, -0.2) is 0 Å². The third-order valence-corrected chi connectivity index (χ3v) is 9.55. The summed E-state index contributed by atoms with van der Waals surface area (Å²) in [6.45, 7) is 0.531. The monoisotopic (exact) mass is 600 g/mol. The Bertz CT molecular complexity index is 2160. The van der Waals surface area contributed by atoms with Crippen LogP contribution in [0.25, 0.3) is 43.1 Å². The maximum absolute atomic E-state index is 13.8. The maximum Gasteiger partial charge on any atom is 0.261 e. The lowest BCUT2D eigenvalue weighted by atomic mass is 9.82. The second kappa shape index (κ2) is 9.74. The van der Waals surface area contributed by atoms with Gasteiger partial charge < -0.3 is 0 Å². The number of carbonyl (C=O) groups is 4. The number of rotatable bonds is 6. The summed E-state index contributed by atoms with van der Waals surface area (Å²) in [6, 6.07) is 22.5. The zero-order valence-electron chi connectivity index (χ0n) is 24.5. The molecule has 0 radical (unpaired) electrons. The molecule has 0 bridgehead atoms. The van der Waals surface area contributed by atoms with Crippen LogP contribution in [0, 0.1) is 0 Å². The predicted octanol–water partition coefficient (Wildman–Crippen LogP) is 6.20. The molecule has 0 saturated carbocycles. The number of benzene rings is 5. The smallest absolute Gasteiger partial charge is 0.261 e. The number of pyridine rings is 2. The topological polar surface area (TPSA) is 101 Å². The molecular formula is C38H24N4O4. The number of carbonyl (C=O) groups excluding carboxylic acids is 4. The van der Waals surface area contributed by atoms with Crippen LogP contribution in [0.5, 0.6) is 0 Å². The Kier molecular flexibility index (Phi) is 5.59. The summed E-state index contributed by atoms with van der Waals surface area (Å²) in [5.74, 6) is -1.24. The molecule has 4 amide bonds. The van der Waals surface area contributed by atoms with Crippen molar-refractivity contribution >= 4 is 66.7 Å². The zero-order valence-corrected chi connectivity index (χ0v) is 24.5. The molecule has 0 fully saturated rings. The van der Waals surface area contributed by atoms with E-state index in [0.29, 0.717) is 45.9 Å². The molecule has 2 aromatic heterocycles. The van der Waals surface area contributed by atoms with Crippen molar-refractivity contribution in [1.82, 2.24) is 19.8 Å². The second-order valence-corrected chi connectivity index (χ2v) is 11.9. The molecule has 46 heavy (non-hydrogen) atoms. The van der Waals surface area contributed by atoms with Crippen molar-refractivity contribution in [3.63, 3.8) is 0 Å². The molecule has 2 aliphatic heterocycles. The van der Waals surface area contributed by atoms with Gasteiger partial charge in [-0.1, -0.05) is 24.3 Å². The van der Waals surface area contributed by atoms with E-state index in [0.717, 1.165) is 43.4 Å². The van der Waals surface area contributed by atoms with Crippen LogP contribution in [-0.2, 0) is 12.8 Å². The first-order chi connectivity index (χ1) is 22.5. The number of hydrogen-bond acceptors (Lipinski definition) is 6. The number of imide groups is 2. The number of nitrogens with zero attached hydrogens (tertiary/aromatic N) is 4. The molecule has 9 rings (SSSR count). The summed E-state index contributed by atoms with van der Waals surface area (Å²) in [6.07, 6.45) is 7.87. The van der Waals surface area contributed by atoms with Gasteiger partial charge in [0.25, 0.3) is 23.6 Å². The fourth-order valence-electron chi connectivity index (χ4n) is 7.35. The molecule has 0 atom stereocenters. The van der Waals surface area contributed by atoms with Crippen LogP contribution in [0.4, 0.5) is 0 Å². The molecule has 0 aliphatic carbocycles. The van der Waals surface area contributed by atoms with E-state index >= 15 is 0 Å². The van der Waals surface area contributed by atoms with Crippen LogP contribution in [0.15, 0.2) is 97.6 Å². The van der Waals surface area contributed by atoms with Crippen molar-refractivity contribution in [3.8, 4) is 0 Å². The summed E-state index contributed by atoms with van der Waals surface area (Å²) in [7, 11) is 0. The Morgan fingerprint density at radius 2 is 0.696 bits per heavy atom. The van der Waals surface area contributed by atoms with Crippen LogP contribution >= 0.6 is 0 Å². The van der Waals surface area contributed by atoms with E-state index in [-0.39, 0.29) is 36.7 Å². The fraction of sp³-hybridized carbons (Fsp3) is 0.105. The van der Waals surface area contributed by atoms with Gasteiger partial charge in [0.05, 0.1) is 0 Å². The van der Waals surface area contributed by atoms with Gasteiger partial charge in [-0.3, -0.25) is 38.9 Å². The van der Waals surface area contributed by atoms with E-state index in [1.807, 2.05) is 48.5 Å². The van der Waals surface area contributed by atoms with Crippen LogP contribution in [0.2, 0.25) is 0 Å². The fourth-order valence-corrected chi connectivity index (χ4v) is 7.35. The van der Waals surface area contributed by atoms with E-state index in [9.17, 15) is 19.2 Å². The number of amides is 4. The van der Waals surface area contributed by atoms with Gasteiger partial charge in [-0.15, -0.1) is 0 Å². The highest BCUT2D eigenvalue weighted by atomic mass is 16.2. The van der Waals surface area contributed by atoms with E-state index < -0.39 is 0 Å². The largest absolute Gasteiger partial charge is 0.274 e. The SMILES string of the molecule is O=C1c2ccc3c4ccc5c6c(ccc(c7ccc(c2c37)C(=O)N1CCc1ccncc1)c64)C(=O)N(CCc1ccncc1)C5=O. The van der Waals surface area contributed by atoms with Gasteiger partial charge in [-0.05, 0) is 105 Å². The Hall–Kier alpha value is -6.02. The first-order valence-corrected chi connectivity index (χ1v) is 15.2. The summed E-state index contributed by atoms with van der Waals surface area (Å²) in [5, 5.41) is 6.48. The molecule has 0 saturated heterocycles. The van der Waals surface area contributed by atoms with Gasteiger partial charge in [0, 0.05) is 70.9 Å². The number of aromatic nitrogens is 2. The molecule has 7 aromatic rings. The van der Waals surface area contributed by atoms with Crippen molar-refractivity contribution in [2.45, 2.75) is 12.8 Å². The molecule has 8 heteroatoms. The first kappa shape index (κ1) is 26.4. The summed E-state index contributed by atoms with van der Waals surface area (Å²) in [5.41, 5.74) is 3.97. The van der Waals surface area contributed by atoms with Crippen LogP contribution < -0.4 is 0 Å². The molecule has 220 valence electrons. The van der Waals surface area contributed by atoms with Crippen molar-refractivity contribution in [2.75, 3.05) is 13.1 Å². The van der Waals surface area contributed by atoms with Gasteiger partial charge in [0.1, 0.15) is 0 Å². The lowest BCUT2D eigenvalue weighted by Gasteiger charge is -2.30. The molecule has 5 aromatic carbocycles.